The average Bonchev–Trinajstić information content (AvgIpc) is 2.70. The lowest BCUT2D eigenvalue weighted by atomic mass is 9.96. The van der Waals surface area contributed by atoms with E-state index in [9.17, 15) is 31.1 Å². The normalized spacial score (nSPS) is 14.0. The van der Waals surface area contributed by atoms with Gasteiger partial charge in [0.2, 0.25) is 0 Å². The Morgan fingerprint density at radius 1 is 1.06 bits per heavy atom. The second kappa shape index (κ2) is 11.9. The summed E-state index contributed by atoms with van der Waals surface area (Å²) in [6.07, 6.45) is -8.79. The zero-order chi connectivity index (χ0) is 25.1. The lowest BCUT2D eigenvalue weighted by Gasteiger charge is -2.19. The standard InChI is InChI=1S/C21H17Cl3F6N2O.ClH/c1-2-17(31)32-19(33)12-5-3-10(7-14(12)21(28,29)30)4-6-13(20(25,26)27)11-8-15(22)18(24)16(23)9-11;/h3-9,13,17H,2,31H2,1H3,(H,32,33);1H/b6-4+;/t13?,17-;/m1./s1. The molecule has 0 radical (unpaired) electrons. The van der Waals surface area contributed by atoms with Crippen LogP contribution in [0.2, 0.25) is 15.1 Å². The molecule has 0 saturated carbocycles. The minimum atomic E-state index is -4.94. The third-order valence-corrected chi connectivity index (χ3v) is 5.75. The molecule has 3 N–H and O–H groups in total. The number of alkyl halides is 6. The first-order valence-corrected chi connectivity index (χ1v) is 10.5. The van der Waals surface area contributed by atoms with Gasteiger partial charge < -0.3 is 11.1 Å². The Balaban J connectivity index is 0.00000578. The van der Waals surface area contributed by atoms with E-state index in [0.717, 1.165) is 30.3 Å². The van der Waals surface area contributed by atoms with Crippen molar-refractivity contribution in [2.75, 3.05) is 0 Å². The van der Waals surface area contributed by atoms with Crippen LogP contribution in [-0.4, -0.2) is 18.2 Å². The molecule has 0 saturated heterocycles. The molecule has 34 heavy (non-hydrogen) atoms. The molecule has 0 heterocycles. The van der Waals surface area contributed by atoms with Gasteiger partial charge in [-0.2, -0.15) is 26.3 Å². The maximum atomic E-state index is 13.7. The summed E-state index contributed by atoms with van der Waals surface area (Å²) in [5.74, 6) is -3.28. The van der Waals surface area contributed by atoms with Gasteiger partial charge in [-0.25, -0.2) is 0 Å². The van der Waals surface area contributed by atoms with E-state index >= 15 is 0 Å². The number of amides is 1. The van der Waals surface area contributed by atoms with E-state index in [1.807, 2.05) is 0 Å². The Labute approximate surface area is 212 Å². The predicted molar refractivity (Wildman–Crippen MR) is 124 cm³/mol. The molecule has 2 rings (SSSR count). The summed E-state index contributed by atoms with van der Waals surface area (Å²) in [7, 11) is 0. The van der Waals surface area contributed by atoms with Crippen LogP contribution in [0.3, 0.4) is 0 Å². The Morgan fingerprint density at radius 2 is 1.62 bits per heavy atom. The van der Waals surface area contributed by atoms with Gasteiger partial charge in [-0.1, -0.05) is 59.9 Å². The number of hydrogen-bond donors (Lipinski definition) is 2. The molecule has 0 aliphatic rings. The minimum Gasteiger partial charge on any atom is -0.337 e. The molecule has 2 aromatic carbocycles. The summed E-state index contributed by atoms with van der Waals surface area (Å²) in [6.45, 7) is 1.63. The molecule has 0 spiro atoms. The highest BCUT2D eigenvalue weighted by Crippen LogP contribution is 2.41. The first kappa shape index (κ1) is 30.4. The fourth-order valence-electron chi connectivity index (χ4n) is 2.82. The molecule has 3 nitrogen and oxygen atoms in total. The molecule has 0 aromatic heterocycles. The number of halogens is 10. The molecular weight excluding hydrogens is 552 g/mol. The summed E-state index contributed by atoms with van der Waals surface area (Å²) in [4.78, 5) is 12.2. The molecule has 1 amide bonds. The van der Waals surface area contributed by atoms with E-state index in [4.69, 9.17) is 40.5 Å². The van der Waals surface area contributed by atoms with Gasteiger partial charge in [0, 0.05) is 0 Å². The van der Waals surface area contributed by atoms with Gasteiger partial charge in [0.05, 0.1) is 38.3 Å². The number of carbonyl (C=O) groups is 1. The minimum absolute atomic E-state index is 0. The molecule has 0 bridgehead atoms. The van der Waals surface area contributed by atoms with Gasteiger partial charge >= 0.3 is 12.4 Å². The number of rotatable bonds is 6. The van der Waals surface area contributed by atoms with Crippen LogP contribution in [0, 0.1) is 0 Å². The Bertz CT molecular complexity index is 1030. The highest BCUT2D eigenvalue weighted by molar-refractivity contribution is 6.48. The van der Waals surface area contributed by atoms with Gasteiger partial charge in [-0.15, -0.1) is 12.4 Å². The highest BCUT2D eigenvalue weighted by atomic mass is 35.5. The van der Waals surface area contributed by atoms with Crippen LogP contribution in [0.25, 0.3) is 6.08 Å². The van der Waals surface area contributed by atoms with E-state index in [-0.39, 0.29) is 45.0 Å². The Hall–Kier alpha value is -1.65. The van der Waals surface area contributed by atoms with Crippen LogP contribution in [0.1, 0.15) is 46.3 Å². The van der Waals surface area contributed by atoms with Crippen molar-refractivity contribution in [3.63, 3.8) is 0 Å². The number of nitrogens with one attached hydrogen (secondary N) is 1. The van der Waals surface area contributed by atoms with Crippen molar-refractivity contribution in [1.29, 1.82) is 0 Å². The van der Waals surface area contributed by atoms with Crippen molar-refractivity contribution in [3.8, 4) is 0 Å². The zero-order valence-corrected chi connectivity index (χ0v) is 20.3. The number of carbonyl (C=O) groups excluding carboxylic acids is 1. The number of benzene rings is 2. The fourth-order valence-corrected chi connectivity index (χ4v) is 3.43. The number of hydrogen-bond acceptors (Lipinski definition) is 2. The van der Waals surface area contributed by atoms with Crippen molar-refractivity contribution in [3.05, 3.63) is 73.7 Å². The van der Waals surface area contributed by atoms with E-state index < -0.39 is 41.5 Å². The summed E-state index contributed by atoms with van der Waals surface area (Å²) >= 11 is 17.4. The van der Waals surface area contributed by atoms with Crippen LogP contribution in [0.4, 0.5) is 26.3 Å². The first-order chi connectivity index (χ1) is 15.1. The largest absolute Gasteiger partial charge is 0.417 e. The highest BCUT2D eigenvalue weighted by Gasteiger charge is 2.40. The Morgan fingerprint density at radius 3 is 2.09 bits per heavy atom. The SMILES string of the molecule is CC[C@H](N)NC(=O)c1ccc(/C=C/C(c2cc(Cl)c(Cl)c(Cl)c2)C(F)(F)F)cc1C(F)(F)F.Cl. The predicted octanol–water partition coefficient (Wildman–Crippen LogP) is 7.87. The fraction of sp³-hybridized carbons (Fsp3) is 0.286. The maximum absolute atomic E-state index is 13.7. The summed E-state index contributed by atoms with van der Waals surface area (Å²) in [5.41, 5.74) is 2.98. The van der Waals surface area contributed by atoms with Crippen molar-refractivity contribution in [2.45, 2.75) is 37.8 Å². The van der Waals surface area contributed by atoms with Gasteiger partial charge in [-0.05, 0) is 41.8 Å². The van der Waals surface area contributed by atoms with E-state index in [1.54, 1.807) is 6.92 Å². The molecule has 1 unspecified atom stereocenters. The molecule has 0 fully saturated rings. The number of allylic oxidation sites excluding steroid dienone is 1. The lowest BCUT2D eigenvalue weighted by Crippen LogP contribution is -2.41. The van der Waals surface area contributed by atoms with Crippen molar-refractivity contribution in [1.82, 2.24) is 5.32 Å². The van der Waals surface area contributed by atoms with Gasteiger partial charge in [0.25, 0.3) is 5.91 Å². The summed E-state index contributed by atoms with van der Waals surface area (Å²) < 4.78 is 81.5. The zero-order valence-electron chi connectivity index (χ0n) is 17.2. The van der Waals surface area contributed by atoms with Gasteiger partial charge in [0.15, 0.2) is 0 Å². The summed E-state index contributed by atoms with van der Waals surface area (Å²) in [6, 6.07) is 4.50. The van der Waals surface area contributed by atoms with Gasteiger partial charge in [-0.3, -0.25) is 4.79 Å². The molecular formula is C21H18Cl4F6N2O. The van der Waals surface area contributed by atoms with Gasteiger partial charge in [0.1, 0.15) is 0 Å². The number of nitrogens with two attached hydrogens (primary N) is 1. The molecule has 0 aliphatic heterocycles. The van der Waals surface area contributed by atoms with Crippen LogP contribution < -0.4 is 11.1 Å². The van der Waals surface area contributed by atoms with E-state index in [0.29, 0.717) is 12.1 Å². The third kappa shape index (κ3) is 7.68. The monoisotopic (exact) mass is 568 g/mol. The van der Waals surface area contributed by atoms with Crippen LogP contribution >= 0.6 is 47.2 Å². The van der Waals surface area contributed by atoms with Crippen LogP contribution in [0.15, 0.2) is 36.4 Å². The molecule has 0 aliphatic carbocycles. The van der Waals surface area contributed by atoms with E-state index in [2.05, 4.69) is 5.32 Å². The van der Waals surface area contributed by atoms with Crippen molar-refractivity contribution >= 4 is 59.2 Å². The second-order valence-corrected chi connectivity index (χ2v) is 8.16. The van der Waals surface area contributed by atoms with Crippen LogP contribution in [-0.2, 0) is 6.18 Å². The smallest absolute Gasteiger partial charge is 0.337 e. The van der Waals surface area contributed by atoms with Crippen LogP contribution in [0.5, 0.6) is 0 Å². The molecule has 188 valence electrons. The topological polar surface area (TPSA) is 55.1 Å². The molecule has 2 aromatic rings. The third-order valence-electron chi connectivity index (χ3n) is 4.55. The summed E-state index contributed by atoms with van der Waals surface area (Å²) in [5, 5.41) is 1.68. The first-order valence-electron chi connectivity index (χ1n) is 9.32. The second-order valence-electron chi connectivity index (χ2n) is 6.97. The lowest BCUT2D eigenvalue weighted by molar-refractivity contribution is -0.139. The Kier molecular flexibility index (Phi) is 10.6. The molecule has 2 atom stereocenters. The van der Waals surface area contributed by atoms with E-state index in [1.165, 1.54) is 0 Å². The van der Waals surface area contributed by atoms with Crippen molar-refractivity contribution < 1.29 is 31.1 Å². The maximum Gasteiger partial charge on any atom is 0.417 e. The average molecular weight is 570 g/mol. The quantitative estimate of drug-likeness (QED) is 0.211. The van der Waals surface area contributed by atoms with Crippen molar-refractivity contribution in [2.24, 2.45) is 5.73 Å². The molecule has 13 heteroatoms.